The van der Waals surface area contributed by atoms with Crippen molar-refractivity contribution in [2.75, 3.05) is 14.2 Å². The van der Waals surface area contributed by atoms with Gasteiger partial charge in [0.1, 0.15) is 25.1 Å². The zero-order valence-corrected chi connectivity index (χ0v) is 17.3. The number of likely N-dealkylation sites (N-methyl/N-ethyl adjacent to an activating group) is 1. The second kappa shape index (κ2) is 10.1. The van der Waals surface area contributed by atoms with Crippen molar-refractivity contribution in [2.45, 2.75) is 26.6 Å². The van der Waals surface area contributed by atoms with Gasteiger partial charge in [-0.05, 0) is 25.5 Å². The fourth-order valence-electron chi connectivity index (χ4n) is 2.89. The molecule has 0 radical (unpaired) electrons. The Kier molecular flexibility index (Phi) is 7.73. The van der Waals surface area contributed by atoms with E-state index >= 15 is 0 Å². The van der Waals surface area contributed by atoms with Gasteiger partial charge in [-0.1, -0.05) is 40.6 Å². The molecule has 6 nitrogen and oxygen atoms in total. The topological polar surface area (TPSA) is 72.3 Å². The number of halogens is 4. The van der Waals surface area contributed by atoms with Gasteiger partial charge in [-0.2, -0.15) is 13.2 Å². The summed E-state index contributed by atoms with van der Waals surface area (Å²) in [6.45, 7) is 2.88. The average Bonchev–Trinajstić information content (AvgIpc) is 2.71. The van der Waals surface area contributed by atoms with Crippen LogP contribution in [0.25, 0.3) is 0 Å². The van der Waals surface area contributed by atoms with Crippen molar-refractivity contribution in [2.24, 2.45) is 10.3 Å². The Morgan fingerprint density at radius 1 is 1.10 bits per heavy atom. The van der Waals surface area contributed by atoms with E-state index in [0.717, 1.165) is 23.8 Å². The highest BCUT2D eigenvalue weighted by molar-refractivity contribution is 6.45. The van der Waals surface area contributed by atoms with Gasteiger partial charge in [-0.3, -0.25) is 4.79 Å². The van der Waals surface area contributed by atoms with E-state index in [1.807, 2.05) is 0 Å². The average molecular weight is 439 g/mol. The van der Waals surface area contributed by atoms with E-state index in [9.17, 15) is 22.4 Å². The van der Waals surface area contributed by atoms with Crippen LogP contribution >= 0.6 is 0 Å². The van der Waals surface area contributed by atoms with E-state index in [0.29, 0.717) is 11.1 Å². The third kappa shape index (κ3) is 5.59. The fourth-order valence-corrected chi connectivity index (χ4v) is 2.89. The predicted molar refractivity (Wildman–Crippen MR) is 107 cm³/mol. The fraction of sp³-hybridized carbons (Fsp3) is 0.286. The Hall–Kier alpha value is -3.43. The molecule has 166 valence electrons. The molecule has 0 saturated carbocycles. The highest BCUT2D eigenvalue weighted by Crippen LogP contribution is 2.34. The van der Waals surface area contributed by atoms with Crippen LogP contribution in [0.2, 0.25) is 0 Å². The molecule has 2 rings (SSSR count). The lowest BCUT2D eigenvalue weighted by atomic mass is 9.98. The molecular formula is C21H21F4N3O3. The van der Waals surface area contributed by atoms with Crippen molar-refractivity contribution in [3.8, 4) is 0 Å². The second-order valence-corrected chi connectivity index (χ2v) is 6.41. The summed E-state index contributed by atoms with van der Waals surface area (Å²) in [6, 6.07) is 8.11. The van der Waals surface area contributed by atoms with Crippen molar-refractivity contribution in [1.82, 2.24) is 5.32 Å². The van der Waals surface area contributed by atoms with Gasteiger partial charge in [0.15, 0.2) is 5.71 Å². The smallest absolute Gasteiger partial charge is 0.398 e. The molecule has 0 bridgehead atoms. The maximum Gasteiger partial charge on any atom is 0.419 e. The quantitative estimate of drug-likeness (QED) is 0.400. The summed E-state index contributed by atoms with van der Waals surface area (Å²) >= 11 is 0. The number of amides is 1. The summed E-state index contributed by atoms with van der Waals surface area (Å²) in [5, 5.41) is 9.94. The van der Waals surface area contributed by atoms with Gasteiger partial charge >= 0.3 is 6.18 Å². The second-order valence-electron chi connectivity index (χ2n) is 6.41. The van der Waals surface area contributed by atoms with Crippen molar-refractivity contribution in [1.29, 1.82) is 0 Å². The number of aryl methyl sites for hydroxylation is 1. The van der Waals surface area contributed by atoms with E-state index in [1.165, 1.54) is 21.1 Å². The molecule has 0 unspecified atom stereocenters. The first-order chi connectivity index (χ1) is 14.6. The van der Waals surface area contributed by atoms with Crippen molar-refractivity contribution >= 4 is 17.3 Å². The zero-order chi connectivity index (χ0) is 23.2. The number of nitrogens with one attached hydrogen (secondary N) is 1. The Labute approximate surface area is 176 Å². The number of alkyl halides is 3. The Morgan fingerprint density at radius 3 is 2.35 bits per heavy atom. The summed E-state index contributed by atoms with van der Waals surface area (Å²) in [5.41, 5.74) is -0.309. The van der Waals surface area contributed by atoms with Gasteiger partial charge in [-0.15, -0.1) is 0 Å². The monoisotopic (exact) mass is 439 g/mol. The van der Waals surface area contributed by atoms with Crippen LogP contribution in [-0.2, 0) is 27.3 Å². The molecule has 31 heavy (non-hydrogen) atoms. The molecule has 0 spiro atoms. The van der Waals surface area contributed by atoms with E-state index in [1.54, 1.807) is 25.1 Å². The van der Waals surface area contributed by atoms with Gasteiger partial charge in [0.25, 0.3) is 5.91 Å². The molecule has 10 heteroatoms. The molecule has 0 aliphatic heterocycles. The molecule has 0 fully saturated rings. The molecule has 2 aromatic carbocycles. The molecular weight excluding hydrogens is 418 g/mol. The van der Waals surface area contributed by atoms with E-state index in [-0.39, 0.29) is 18.0 Å². The first kappa shape index (κ1) is 23.8. The molecule has 0 atom stereocenters. The van der Waals surface area contributed by atoms with Crippen LogP contribution in [0.4, 0.5) is 17.6 Å². The lowest BCUT2D eigenvalue weighted by molar-refractivity contribution is -0.140. The number of rotatable bonds is 7. The number of oxime groups is 2. The minimum atomic E-state index is -4.89. The molecule has 0 heterocycles. The third-order valence-corrected chi connectivity index (χ3v) is 4.39. The first-order valence-corrected chi connectivity index (χ1v) is 9.06. The van der Waals surface area contributed by atoms with Gasteiger partial charge in [0.2, 0.25) is 0 Å². The van der Waals surface area contributed by atoms with Gasteiger partial charge in [-0.25, -0.2) is 4.39 Å². The Balaban J connectivity index is 2.37. The van der Waals surface area contributed by atoms with Gasteiger partial charge in [0, 0.05) is 23.7 Å². The van der Waals surface area contributed by atoms with E-state index in [4.69, 9.17) is 9.68 Å². The van der Waals surface area contributed by atoms with Crippen LogP contribution in [0.3, 0.4) is 0 Å². The molecule has 2 aromatic rings. The number of nitrogens with zero attached hydrogens (tertiary/aromatic N) is 2. The van der Waals surface area contributed by atoms with Crippen molar-refractivity contribution in [3.63, 3.8) is 0 Å². The summed E-state index contributed by atoms with van der Waals surface area (Å²) in [6.07, 6.45) is -4.89. The predicted octanol–water partition coefficient (Wildman–Crippen LogP) is 4.19. The zero-order valence-electron chi connectivity index (χ0n) is 17.3. The van der Waals surface area contributed by atoms with Crippen LogP contribution in [-0.4, -0.2) is 31.5 Å². The molecule has 0 aliphatic rings. The van der Waals surface area contributed by atoms with Crippen LogP contribution < -0.4 is 5.32 Å². The summed E-state index contributed by atoms with van der Waals surface area (Å²) in [4.78, 5) is 22.2. The summed E-state index contributed by atoms with van der Waals surface area (Å²) in [5.74, 6) is -1.89. The Morgan fingerprint density at radius 2 is 1.74 bits per heavy atom. The highest BCUT2D eigenvalue weighted by Gasteiger charge is 2.37. The highest BCUT2D eigenvalue weighted by atomic mass is 19.4. The number of carbonyl (C=O) groups is 1. The molecule has 0 saturated heterocycles. The summed E-state index contributed by atoms with van der Waals surface area (Å²) in [7, 11) is 2.73. The molecule has 1 amide bonds. The van der Waals surface area contributed by atoms with E-state index in [2.05, 4.69) is 15.6 Å². The molecule has 0 aliphatic carbocycles. The minimum absolute atomic E-state index is 0.00232. The van der Waals surface area contributed by atoms with Crippen molar-refractivity contribution < 1.29 is 32.0 Å². The van der Waals surface area contributed by atoms with Gasteiger partial charge in [0.05, 0.1) is 5.71 Å². The van der Waals surface area contributed by atoms with Crippen LogP contribution in [0.15, 0.2) is 46.7 Å². The lowest BCUT2D eigenvalue weighted by Gasteiger charge is -2.14. The van der Waals surface area contributed by atoms with Crippen LogP contribution in [0.1, 0.15) is 34.7 Å². The summed E-state index contributed by atoms with van der Waals surface area (Å²) < 4.78 is 53.5. The standard InChI is InChI=1S/C21H21F4N3O3/c1-12-7-5-9-15(19(28-30-4)20(29)26-3)16(12)11-31-27-13(2)14-8-6-10-17(22)18(14)21(23,24)25/h5-10H,11H2,1-4H3,(H,26,29)/b27-13+,28-19+. The maximum absolute atomic E-state index is 13.8. The minimum Gasteiger partial charge on any atom is -0.398 e. The maximum atomic E-state index is 13.8. The number of benzene rings is 2. The number of hydrogen-bond acceptors (Lipinski definition) is 5. The largest absolute Gasteiger partial charge is 0.419 e. The number of carbonyl (C=O) groups excluding carboxylic acids is 1. The normalized spacial score (nSPS) is 12.5. The lowest BCUT2D eigenvalue weighted by Crippen LogP contribution is -2.29. The van der Waals surface area contributed by atoms with Gasteiger partial charge < -0.3 is 15.0 Å². The first-order valence-electron chi connectivity index (χ1n) is 9.06. The Bertz CT molecular complexity index is 1020. The van der Waals surface area contributed by atoms with E-state index < -0.39 is 29.0 Å². The number of hydrogen-bond donors (Lipinski definition) is 1. The van der Waals surface area contributed by atoms with Crippen LogP contribution in [0, 0.1) is 12.7 Å². The van der Waals surface area contributed by atoms with Crippen LogP contribution in [0.5, 0.6) is 0 Å². The third-order valence-electron chi connectivity index (χ3n) is 4.39. The SMILES string of the molecule is CNC(=O)/C(=N/OC)c1cccc(C)c1CO/N=C(\C)c1cccc(F)c1C(F)(F)F. The molecule has 1 N–H and O–H groups in total. The van der Waals surface area contributed by atoms with Crippen molar-refractivity contribution in [3.05, 3.63) is 70.0 Å². The molecule has 0 aromatic heterocycles.